The molecule has 0 bridgehead atoms. The normalized spacial score (nSPS) is 21.1. The largest absolute Gasteiger partial charge is 0.396 e. The van der Waals surface area contributed by atoms with Crippen LogP contribution in [-0.2, 0) is 9.53 Å². The molecule has 1 saturated heterocycles. The van der Waals surface area contributed by atoms with Crippen LogP contribution in [0.15, 0.2) is 0 Å². The summed E-state index contributed by atoms with van der Waals surface area (Å²) in [6, 6.07) is 0. The minimum Gasteiger partial charge on any atom is -0.396 e. The van der Waals surface area contributed by atoms with Gasteiger partial charge in [0, 0.05) is 26.2 Å². The molecule has 0 radical (unpaired) electrons. The Labute approximate surface area is 84.6 Å². The molecule has 14 heavy (non-hydrogen) atoms. The van der Waals surface area contributed by atoms with Crippen molar-refractivity contribution in [2.45, 2.75) is 38.2 Å². The van der Waals surface area contributed by atoms with Crippen molar-refractivity contribution >= 4 is 5.91 Å². The van der Waals surface area contributed by atoms with E-state index in [0.717, 1.165) is 25.9 Å². The first kappa shape index (κ1) is 11.5. The highest BCUT2D eigenvalue weighted by Crippen LogP contribution is 2.10. The van der Waals surface area contributed by atoms with E-state index in [1.165, 1.54) is 0 Å². The van der Waals surface area contributed by atoms with Crippen LogP contribution in [-0.4, -0.2) is 36.9 Å². The van der Waals surface area contributed by atoms with Gasteiger partial charge in [0.2, 0.25) is 5.91 Å². The van der Waals surface area contributed by atoms with E-state index in [2.05, 4.69) is 5.32 Å². The second-order valence-electron chi connectivity index (χ2n) is 3.62. The van der Waals surface area contributed by atoms with Gasteiger partial charge in [-0.05, 0) is 25.7 Å². The van der Waals surface area contributed by atoms with E-state index in [4.69, 9.17) is 9.84 Å². The van der Waals surface area contributed by atoms with Gasteiger partial charge in [-0.1, -0.05) is 0 Å². The molecule has 0 aromatic rings. The van der Waals surface area contributed by atoms with Crippen LogP contribution in [0.4, 0.5) is 0 Å². The number of carbonyl (C=O) groups excluding carboxylic acids is 1. The number of rotatable bonds is 6. The molecule has 4 nitrogen and oxygen atoms in total. The number of nitrogens with one attached hydrogen (secondary N) is 1. The van der Waals surface area contributed by atoms with Crippen LogP contribution in [0.2, 0.25) is 0 Å². The fourth-order valence-electron chi connectivity index (χ4n) is 1.52. The van der Waals surface area contributed by atoms with E-state index in [9.17, 15) is 4.79 Å². The van der Waals surface area contributed by atoms with E-state index in [0.29, 0.717) is 19.4 Å². The zero-order chi connectivity index (χ0) is 10.2. The molecule has 0 aromatic carbocycles. The zero-order valence-electron chi connectivity index (χ0n) is 8.50. The molecule has 1 aliphatic heterocycles. The molecule has 0 spiro atoms. The monoisotopic (exact) mass is 201 g/mol. The third kappa shape index (κ3) is 4.58. The smallest absolute Gasteiger partial charge is 0.220 e. The van der Waals surface area contributed by atoms with Crippen LogP contribution in [0.25, 0.3) is 0 Å². The predicted molar refractivity (Wildman–Crippen MR) is 52.9 cm³/mol. The molecular weight excluding hydrogens is 182 g/mol. The standard InChI is InChI=1S/C10H19NO3/c12-6-2-1-5-10(13)11-8-9-4-3-7-14-9/h9,12H,1-8H2,(H,11,13). The molecule has 1 aliphatic rings. The van der Waals surface area contributed by atoms with Gasteiger partial charge in [0.25, 0.3) is 0 Å². The first-order valence-electron chi connectivity index (χ1n) is 5.32. The lowest BCUT2D eigenvalue weighted by Gasteiger charge is -2.10. The summed E-state index contributed by atoms with van der Waals surface area (Å²) >= 11 is 0. The van der Waals surface area contributed by atoms with Crippen LogP contribution < -0.4 is 5.32 Å². The third-order valence-corrected chi connectivity index (χ3v) is 2.36. The van der Waals surface area contributed by atoms with Crippen LogP contribution in [0, 0.1) is 0 Å². The van der Waals surface area contributed by atoms with Crippen molar-refractivity contribution in [3.05, 3.63) is 0 Å². The molecule has 1 rings (SSSR count). The number of hydrogen-bond acceptors (Lipinski definition) is 3. The molecule has 1 unspecified atom stereocenters. The van der Waals surface area contributed by atoms with Crippen molar-refractivity contribution in [1.82, 2.24) is 5.32 Å². The molecule has 2 N–H and O–H groups in total. The van der Waals surface area contributed by atoms with Crippen molar-refractivity contribution < 1.29 is 14.6 Å². The summed E-state index contributed by atoms with van der Waals surface area (Å²) in [7, 11) is 0. The Balaban J connectivity index is 1.96. The number of aliphatic hydroxyl groups is 1. The summed E-state index contributed by atoms with van der Waals surface area (Å²) in [5.74, 6) is 0.0638. The number of carbonyl (C=O) groups is 1. The quantitative estimate of drug-likeness (QED) is 0.613. The van der Waals surface area contributed by atoms with Crippen molar-refractivity contribution in [2.24, 2.45) is 0 Å². The molecule has 0 saturated carbocycles. The van der Waals surface area contributed by atoms with Crippen LogP contribution in [0.5, 0.6) is 0 Å². The molecule has 82 valence electrons. The lowest BCUT2D eigenvalue weighted by atomic mass is 10.2. The van der Waals surface area contributed by atoms with Gasteiger partial charge in [0.1, 0.15) is 0 Å². The van der Waals surface area contributed by atoms with Gasteiger partial charge in [0.05, 0.1) is 6.10 Å². The zero-order valence-corrected chi connectivity index (χ0v) is 8.50. The number of hydrogen-bond donors (Lipinski definition) is 2. The second-order valence-corrected chi connectivity index (χ2v) is 3.62. The maximum Gasteiger partial charge on any atom is 0.220 e. The summed E-state index contributed by atoms with van der Waals surface area (Å²) in [5, 5.41) is 11.4. The van der Waals surface area contributed by atoms with Gasteiger partial charge < -0.3 is 15.2 Å². The Morgan fingerprint density at radius 3 is 3.00 bits per heavy atom. The minimum absolute atomic E-state index is 0.0638. The fraction of sp³-hybridized carbons (Fsp3) is 0.900. The van der Waals surface area contributed by atoms with Crippen LogP contribution in [0.3, 0.4) is 0 Å². The van der Waals surface area contributed by atoms with Gasteiger partial charge in [-0.3, -0.25) is 4.79 Å². The average Bonchev–Trinajstić information content (AvgIpc) is 2.68. The lowest BCUT2D eigenvalue weighted by molar-refractivity contribution is -0.121. The number of aliphatic hydroxyl groups excluding tert-OH is 1. The summed E-state index contributed by atoms with van der Waals surface area (Å²) in [4.78, 5) is 11.2. The molecule has 4 heteroatoms. The summed E-state index contributed by atoms with van der Waals surface area (Å²) in [6.07, 6.45) is 4.34. The Hall–Kier alpha value is -0.610. The highest BCUT2D eigenvalue weighted by molar-refractivity contribution is 5.75. The SMILES string of the molecule is O=C(CCCCO)NCC1CCCO1. The van der Waals surface area contributed by atoms with E-state index < -0.39 is 0 Å². The van der Waals surface area contributed by atoms with E-state index in [-0.39, 0.29) is 18.6 Å². The highest BCUT2D eigenvalue weighted by Gasteiger charge is 2.15. The van der Waals surface area contributed by atoms with Crippen LogP contribution in [0.1, 0.15) is 32.1 Å². The molecule has 1 atom stereocenters. The number of unbranched alkanes of at least 4 members (excludes halogenated alkanes) is 1. The highest BCUT2D eigenvalue weighted by atomic mass is 16.5. The van der Waals surface area contributed by atoms with Gasteiger partial charge >= 0.3 is 0 Å². The van der Waals surface area contributed by atoms with Gasteiger partial charge in [-0.25, -0.2) is 0 Å². The lowest BCUT2D eigenvalue weighted by Crippen LogP contribution is -2.31. The molecule has 1 fully saturated rings. The number of amides is 1. The summed E-state index contributed by atoms with van der Waals surface area (Å²) in [5.41, 5.74) is 0. The topological polar surface area (TPSA) is 58.6 Å². The Morgan fingerprint density at radius 2 is 2.36 bits per heavy atom. The van der Waals surface area contributed by atoms with Crippen molar-refractivity contribution in [3.63, 3.8) is 0 Å². The van der Waals surface area contributed by atoms with E-state index in [1.54, 1.807) is 0 Å². The Morgan fingerprint density at radius 1 is 1.50 bits per heavy atom. The van der Waals surface area contributed by atoms with Gasteiger partial charge in [0.15, 0.2) is 0 Å². The fourth-order valence-corrected chi connectivity index (χ4v) is 1.52. The first-order valence-corrected chi connectivity index (χ1v) is 5.32. The summed E-state index contributed by atoms with van der Waals surface area (Å²) < 4.78 is 5.37. The van der Waals surface area contributed by atoms with Gasteiger partial charge in [-0.15, -0.1) is 0 Å². The Kier molecular flexibility index (Phi) is 5.56. The average molecular weight is 201 g/mol. The first-order chi connectivity index (χ1) is 6.83. The molecular formula is C10H19NO3. The van der Waals surface area contributed by atoms with Crippen molar-refractivity contribution in [2.75, 3.05) is 19.8 Å². The molecule has 0 aromatic heterocycles. The van der Waals surface area contributed by atoms with Crippen LogP contribution >= 0.6 is 0 Å². The van der Waals surface area contributed by atoms with Crippen molar-refractivity contribution in [1.29, 1.82) is 0 Å². The van der Waals surface area contributed by atoms with E-state index >= 15 is 0 Å². The molecule has 1 heterocycles. The number of ether oxygens (including phenoxy) is 1. The maximum atomic E-state index is 11.2. The maximum absolute atomic E-state index is 11.2. The molecule has 1 amide bonds. The predicted octanol–water partition coefficient (Wildman–Crippen LogP) is 0.444. The Bertz CT molecular complexity index is 167. The van der Waals surface area contributed by atoms with Gasteiger partial charge in [-0.2, -0.15) is 0 Å². The van der Waals surface area contributed by atoms with Crippen molar-refractivity contribution in [3.8, 4) is 0 Å². The molecule has 0 aliphatic carbocycles. The third-order valence-electron chi connectivity index (χ3n) is 2.36. The minimum atomic E-state index is 0.0638. The summed E-state index contributed by atoms with van der Waals surface area (Å²) in [6.45, 7) is 1.63. The second kappa shape index (κ2) is 6.79. The van der Waals surface area contributed by atoms with E-state index in [1.807, 2.05) is 0 Å².